The maximum atomic E-state index is 12.5. The number of rotatable bonds is 3. The van der Waals surface area contributed by atoms with Crippen molar-refractivity contribution < 1.29 is 26.4 Å². The number of hydrogen-bond acceptors (Lipinski definition) is 6. The van der Waals surface area contributed by atoms with Crippen LogP contribution in [0.15, 0.2) is 58.3 Å². The molecular formula is C16H13N3O6S2. The van der Waals surface area contributed by atoms with Crippen LogP contribution in [0.3, 0.4) is 0 Å². The second-order valence-electron chi connectivity index (χ2n) is 5.93. The first-order chi connectivity index (χ1) is 12.7. The zero-order valence-electron chi connectivity index (χ0n) is 13.7. The van der Waals surface area contributed by atoms with Crippen molar-refractivity contribution in [3.05, 3.63) is 59.7 Å². The summed E-state index contributed by atoms with van der Waals surface area (Å²) < 4.78 is 50.3. The molecule has 0 aliphatic carbocycles. The van der Waals surface area contributed by atoms with E-state index in [4.69, 9.17) is 0 Å². The minimum absolute atomic E-state index is 0.0184. The lowest BCUT2D eigenvalue weighted by Crippen LogP contribution is -2.53. The smallest absolute Gasteiger partial charge is 0.268 e. The van der Waals surface area contributed by atoms with Crippen LogP contribution in [0.5, 0.6) is 0 Å². The van der Waals surface area contributed by atoms with Gasteiger partial charge in [-0.05, 0) is 24.3 Å². The highest BCUT2D eigenvalue weighted by Crippen LogP contribution is 2.30. The predicted molar refractivity (Wildman–Crippen MR) is 92.5 cm³/mol. The van der Waals surface area contributed by atoms with Gasteiger partial charge in [0, 0.05) is 0 Å². The van der Waals surface area contributed by atoms with Gasteiger partial charge >= 0.3 is 0 Å². The van der Waals surface area contributed by atoms with Crippen molar-refractivity contribution in [2.24, 2.45) is 0 Å². The van der Waals surface area contributed by atoms with Gasteiger partial charge in [0.1, 0.15) is 4.90 Å². The first-order valence-corrected chi connectivity index (χ1v) is 10.8. The molecule has 0 aromatic heterocycles. The van der Waals surface area contributed by atoms with Gasteiger partial charge in [0.2, 0.25) is 0 Å². The average Bonchev–Trinajstić information content (AvgIpc) is 2.84. The van der Waals surface area contributed by atoms with E-state index in [1.54, 1.807) is 6.07 Å². The highest BCUT2D eigenvalue weighted by Gasteiger charge is 2.42. The third-order valence-electron chi connectivity index (χ3n) is 4.32. The fourth-order valence-electron chi connectivity index (χ4n) is 3.05. The summed E-state index contributed by atoms with van der Waals surface area (Å²) in [4.78, 5) is 26.8. The summed E-state index contributed by atoms with van der Waals surface area (Å²) >= 11 is 0. The standard InChI is InChI=1S/C16H13N3O6S2/c20-15-11-5-1-3-7-13(11)26(22,23)17-18(15)9-10-19-16(21)12-6-2-4-8-14(12)27(19,24)25/h1-8,17H,9-10H2. The van der Waals surface area contributed by atoms with Crippen molar-refractivity contribution in [1.29, 1.82) is 0 Å². The molecule has 0 bridgehead atoms. The molecule has 0 saturated carbocycles. The molecular weight excluding hydrogens is 394 g/mol. The summed E-state index contributed by atoms with van der Waals surface area (Å²) in [6, 6.07) is 11.5. The molecule has 0 atom stereocenters. The Hall–Kier alpha value is -2.76. The molecule has 9 nitrogen and oxygen atoms in total. The van der Waals surface area contributed by atoms with E-state index < -0.39 is 31.9 Å². The lowest BCUT2D eigenvalue weighted by Gasteiger charge is -2.29. The molecule has 2 aliphatic rings. The maximum absolute atomic E-state index is 12.5. The van der Waals surface area contributed by atoms with E-state index >= 15 is 0 Å². The Morgan fingerprint density at radius 3 is 1.93 bits per heavy atom. The molecule has 2 aromatic carbocycles. The average molecular weight is 407 g/mol. The minimum atomic E-state index is -4.03. The van der Waals surface area contributed by atoms with Crippen LogP contribution in [0.25, 0.3) is 0 Å². The molecule has 2 amide bonds. The second kappa shape index (κ2) is 5.87. The van der Waals surface area contributed by atoms with E-state index in [9.17, 15) is 26.4 Å². The molecule has 0 radical (unpaired) electrons. The van der Waals surface area contributed by atoms with Gasteiger partial charge < -0.3 is 0 Å². The van der Waals surface area contributed by atoms with E-state index in [-0.39, 0.29) is 34.0 Å². The van der Waals surface area contributed by atoms with Crippen molar-refractivity contribution >= 4 is 31.9 Å². The Bertz CT molecular complexity index is 1190. The summed E-state index contributed by atoms with van der Waals surface area (Å²) in [6.45, 7) is -0.711. The Labute approximate surface area is 155 Å². The Kier molecular flexibility index (Phi) is 3.84. The van der Waals surface area contributed by atoms with Crippen LogP contribution in [0.1, 0.15) is 20.7 Å². The molecule has 27 heavy (non-hydrogen) atoms. The third kappa shape index (κ3) is 2.62. The van der Waals surface area contributed by atoms with E-state index in [1.165, 1.54) is 42.5 Å². The van der Waals surface area contributed by atoms with Gasteiger partial charge in [0.15, 0.2) is 0 Å². The van der Waals surface area contributed by atoms with Crippen molar-refractivity contribution in [2.45, 2.75) is 9.79 Å². The van der Waals surface area contributed by atoms with Crippen molar-refractivity contribution in [3.8, 4) is 0 Å². The number of sulfonamides is 2. The summed E-state index contributed by atoms with van der Waals surface area (Å²) in [7, 11) is -8.00. The molecule has 0 unspecified atom stereocenters. The summed E-state index contributed by atoms with van der Waals surface area (Å²) in [5, 5.41) is 0.795. The van der Waals surface area contributed by atoms with Crippen LogP contribution < -0.4 is 4.83 Å². The fraction of sp³-hybridized carbons (Fsp3) is 0.125. The van der Waals surface area contributed by atoms with Crippen molar-refractivity contribution in [3.63, 3.8) is 0 Å². The molecule has 1 N–H and O–H groups in total. The SMILES string of the molecule is O=C1c2ccccc2S(=O)(=O)NN1CCN1C(=O)c2ccccc2S1(=O)=O. The van der Waals surface area contributed by atoms with E-state index in [0.29, 0.717) is 4.31 Å². The monoisotopic (exact) mass is 407 g/mol. The van der Waals surface area contributed by atoms with Gasteiger partial charge in [-0.2, -0.15) is 0 Å². The van der Waals surface area contributed by atoms with Crippen LogP contribution in [-0.4, -0.2) is 51.1 Å². The Morgan fingerprint density at radius 2 is 1.30 bits per heavy atom. The summed E-state index contributed by atoms with van der Waals surface area (Å²) in [5.41, 5.74) is 0.0311. The number of nitrogens with zero attached hydrogens (tertiary/aromatic N) is 2. The number of hydrazine groups is 1. The molecule has 140 valence electrons. The van der Waals surface area contributed by atoms with Crippen LogP contribution in [0.4, 0.5) is 0 Å². The van der Waals surface area contributed by atoms with E-state index in [2.05, 4.69) is 4.83 Å². The van der Waals surface area contributed by atoms with Gasteiger partial charge in [-0.25, -0.2) is 21.1 Å². The zero-order chi connectivity index (χ0) is 19.4. The van der Waals surface area contributed by atoms with E-state index in [1.807, 2.05) is 0 Å². The second-order valence-corrected chi connectivity index (χ2v) is 9.39. The van der Waals surface area contributed by atoms with Crippen LogP contribution in [-0.2, 0) is 20.0 Å². The molecule has 2 heterocycles. The number of hydrogen-bond donors (Lipinski definition) is 1. The van der Waals surface area contributed by atoms with Gasteiger partial charge in [0.05, 0.1) is 29.1 Å². The number of nitrogens with one attached hydrogen (secondary N) is 1. The molecule has 0 fully saturated rings. The van der Waals surface area contributed by atoms with Crippen LogP contribution in [0.2, 0.25) is 0 Å². The molecule has 2 aromatic rings. The molecule has 2 aliphatic heterocycles. The first kappa shape index (κ1) is 17.6. The number of carbonyl (C=O) groups excluding carboxylic acids is 2. The van der Waals surface area contributed by atoms with Crippen molar-refractivity contribution in [2.75, 3.05) is 13.1 Å². The number of amides is 2. The number of benzene rings is 2. The predicted octanol–water partition coefficient (Wildman–Crippen LogP) is 0.180. The fourth-order valence-corrected chi connectivity index (χ4v) is 5.87. The quantitative estimate of drug-likeness (QED) is 0.775. The Morgan fingerprint density at radius 1 is 0.741 bits per heavy atom. The highest BCUT2D eigenvalue weighted by molar-refractivity contribution is 7.90. The summed E-state index contributed by atoms with van der Waals surface area (Å²) in [6.07, 6.45) is 0. The van der Waals surface area contributed by atoms with Crippen molar-refractivity contribution in [1.82, 2.24) is 14.1 Å². The normalized spacial score (nSPS) is 19.7. The molecule has 0 saturated heterocycles. The van der Waals surface area contributed by atoms with Gasteiger partial charge in [-0.3, -0.25) is 14.6 Å². The topological polar surface area (TPSA) is 121 Å². The molecule has 4 rings (SSSR count). The van der Waals surface area contributed by atoms with Gasteiger partial charge in [-0.1, -0.05) is 24.3 Å². The van der Waals surface area contributed by atoms with Crippen LogP contribution >= 0.6 is 0 Å². The maximum Gasteiger partial charge on any atom is 0.270 e. The Balaban J connectivity index is 1.61. The van der Waals surface area contributed by atoms with Crippen LogP contribution in [0, 0.1) is 0 Å². The molecule has 11 heteroatoms. The minimum Gasteiger partial charge on any atom is -0.268 e. The first-order valence-electron chi connectivity index (χ1n) is 7.83. The summed E-state index contributed by atoms with van der Waals surface area (Å²) in [5.74, 6) is -1.33. The van der Waals surface area contributed by atoms with Gasteiger partial charge in [0.25, 0.3) is 31.9 Å². The lowest BCUT2D eigenvalue weighted by molar-refractivity contribution is 0.0675. The third-order valence-corrected chi connectivity index (χ3v) is 7.56. The highest BCUT2D eigenvalue weighted by atomic mass is 32.2. The number of fused-ring (bicyclic) bond motifs is 2. The van der Waals surface area contributed by atoms with E-state index in [0.717, 1.165) is 5.01 Å². The largest absolute Gasteiger partial charge is 0.270 e. The number of carbonyl (C=O) groups is 2. The molecule has 0 spiro atoms. The zero-order valence-corrected chi connectivity index (χ0v) is 15.3. The lowest BCUT2D eigenvalue weighted by atomic mass is 10.2. The van der Waals surface area contributed by atoms with Gasteiger partial charge in [-0.15, -0.1) is 4.83 Å².